The number of benzene rings is 1. The highest BCUT2D eigenvalue weighted by atomic mass is 15.4. The van der Waals surface area contributed by atoms with E-state index >= 15 is 0 Å². The summed E-state index contributed by atoms with van der Waals surface area (Å²) in [6.07, 6.45) is 0. The van der Waals surface area contributed by atoms with Gasteiger partial charge in [-0.25, -0.2) is 9.67 Å². The lowest BCUT2D eigenvalue weighted by molar-refractivity contribution is 0.543. The van der Waals surface area contributed by atoms with Crippen molar-refractivity contribution in [3.05, 3.63) is 41.5 Å². The molecule has 90 valence electrons. The van der Waals surface area contributed by atoms with E-state index in [0.717, 1.165) is 17.3 Å². The van der Waals surface area contributed by atoms with E-state index in [1.165, 1.54) is 5.56 Å². The van der Waals surface area contributed by atoms with Gasteiger partial charge in [0.05, 0.1) is 5.69 Å². The summed E-state index contributed by atoms with van der Waals surface area (Å²) in [5.41, 5.74) is 2.29. The second-order valence-corrected chi connectivity index (χ2v) is 5.48. The summed E-state index contributed by atoms with van der Waals surface area (Å²) < 4.78 is 1.91. The van der Waals surface area contributed by atoms with Crippen LogP contribution >= 0.6 is 0 Å². The first kappa shape index (κ1) is 11.8. The number of aromatic nitrogens is 3. The van der Waals surface area contributed by atoms with Crippen molar-refractivity contribution in [2.24, 2.45) is 0 Å². The van der Waals surface area contributed by atoms with Crippen LogP contribution in [0.3, 0.4) is 0 Å². The van der Waals surface area contributed by atoms with E-state index in [-0.39, 0.29) is 5.41 Å². The van der Waals surface area contributed by atoms with Crippen LogP contribution in [0.2, 0.25) is 0 Å². The zero-order chi connectivity index (χ0) is 12.6. The molecule has 1 aromatic heterocycles. The van der Waals surface area contributed by atoms with E-state index < -0.39 is 0 Å². The predicted octanol–water partition coefficient (Wildman–Crippen LogP) is 3.18. The highest BCUT2D eigenvalue weighted by molar-refractivity contribution is 5.35. The topological polar surface area (TPSA) is 30.7 Å². The van der Waals surface area contributed by atoms with Crippen molar-refractivity contribution in [3.8, 4) is 5.69 Å². The van der Waals surface area contributed by atoms with Gasteiger partial charge in [-0.15, -0.1) is 0 Å². The summed E-state index contributed by atoms with van der Waals surface area (Å²) in [6.45, 7) is 10.5. The molecule has 17 heavy (non-hydrogen) atoms. The van der Waals surface area contributed by atoms with Crippen molar-refractivity contribution in [1.29, 1.82) is 0 Å². The number of nitrogens with zero attached hydrogens (tertiary/aromatic N) is 3. The largest absolute Gasteiger partial charge is 0.218 e. The van der Waals surface area contributed by atoms with Gasteiger partial charge >= 0.3 is 0 Å². The van der Waals surface area contributed by atoms with Gasteiger partial charge in [-0.2, -0.15) is 5.10 Å². The van der Waals surface area contributed by atoms with Crippen LogP contribution < -0.4 is 0 Å². The zero-order valence-corrected chi connectivity index (χ0v) is 11.2. The lowest BCUT2D eigenvalue weighted by Crippen LogP contribution is -2.14. The maximum absolute atomic E-state index is 4.60. The lowest BCUT2D eigenvalue weighted by atomic mass is 9.96. The molecular weight excluding hydrogens is 210 g/mol. The zero-order valence-electron chi connectivity index (χ0n) is 11.2. The quantitative estimate of drug-likeness (QED) is 0.752. The average molecular weight is 229 g/mol. The van der Waals surface area contributed by atoms with Gasteiger partial charge in [0.1, 0.15) is 5.82 Å². The van der Waals surface area contributed by atoms with Crippen LogP contribution in [0.5, 0.6) is 0 Å². The average Bonchev–Trinajstić information content (AvgIpc) is 2.60. The first-order chi connectivity index (χ1) is 7.88. The molecule has 1 heterocycles. The van der Waals surface area contributed by atoms with Crippen LogP contribution in [0.4, 0.5) is 0 Å². The summed E-state index contributed by atoms with van der Waals surface area (Å²) in [7, 11) is 0. The third kappa shape index (κ3) is 2.38. The minimum absolute atomic E-state index is 0.0141. The fourth-order valence-electron chi connectivity index (χ4n) is 1.71. The van der Waals surface area contributed by atoms with Crippen LogP contribution in [0.15, 0.2) is 24.3 Å². The minimum atomic E-state index is -0.0141. The fourth-order valence-corrected chi connectivity index (χ4v) is 1.71. The van der Waals surface area contributed by atoms with E-state index in [2.05, 4.69) is 56.0 Å². The van der Waals surface area contributed by atoms with Gasteiger partial charge in [-0.1, -0.05) is 32.9 Å². The van der Waals surface area contributed by atoms with E-state index in [1.807, 2.05) is 17.7 Å². The minimum Gasteiger partial charge on any atom is -0.218 e. The Morgan fingerprint density at radius 1 is 1.12 bits per heavy atom. The number of rotatable bonds is 1. The Balaban J connectivity index is 2.50. The van der Waals surface area contributed by atoms with E-state index in [4.69, 9.17) is 0 Å². The second-order valence-electron chi connectivity index (χ2n) is 5.48. The molecule has 0 aliphatic heterocycles. The number of hydrogen-bond acceptors (Lipinski definition) is 2. The SMILES string of the molecule is Cc1cccc(-n2nc(C(C)(C)C)nc2C)c1. The Hall–Kier alpha value is -1.64. The molecule has 0 bridgehead atoms. The highest BCUT2D eigenvalue weighted by Gasteiger charge is 2.20. The summed E-state index contributed by atoms with van der Waals surface area (Å²) in [5, 5.41) is 4.60. The first-order valence-electron chi connectivity index (χ1n) is 5.89. The van der Waals surface area contributed by atoms with Gasteiger partial charge in [0.15, 0.2) is 5.82 Å². The molecule has 0 fully saturated rings. The number of aryl methyl sites for hydroxylation is 2. The van der Waals surface area contributed by atoms with Crippen LogP contribution in [0.1, 0.15) is 38.0 Å². The van der Waals surface area contributed by atoms with Crippen molar-refractivity contribution >= 4 is 0 Å². The molecule has 0 saturated heterocycles. The molecule has 0 N–H and O–H groups in total. The third-order valence-electron chi connectivity index (χ3n) is 2.69. The van der Waals surface area contributed by atoms with Crippen molar-refractivity contribution in [1.82, 2.24) is 14.8 Å². The van der Waals surface area contributed by atoms with Crippen molar-refractivity contribution in [2.75, 3.05) is 0 Å². The van der Waals surface area contributed by atoms with Gasteiger partial charge in [0, 0.05) is 5.41 Å². The molecule has 0 amide bonds. The molecule has 0 aliphatic rings. The Morgan fingerprint density at radius 2 is 1.82 bits per heavy atom. The molecule has 0 unspecified atom stereocenters. The lowest BCUT2D eigenvalue weighted by Gasteiger charge is -2.12. The molecule has 0 saturated carbocycles. The Kier molecular flexibility index (Phi) is 2.77. The van der Waals surface area contributed by atoms with Crippen LogP contribution in [0, 0.1) is 13.8 Å². The van der Waals surface area contributed by atoms with Gasteiger partial charge in [-0.3, -0.25) is 0 Å². The second kappa shape index (κ2) is 3.99. The Labute approximate surface area is 103 Å². The molecular formula is C14H19N3. The maximum atomic E-state index is 4.60. The molecule has 3 heteroatoms. The molecule has 0 spiro atoms. The van der Waals surface area contributed by atoms with Crippen molar-refractivity contribution < 1.29 is 0 Å². The van der Waals surface area contributed by atoms with Gasteiger partial charge in [-0.05, 0) is 31.5 Å². The summed E-state index contributed by atoms with van der Waals surface area (Å²) >= 11 is 0. The normalized spacial score (nSPS) is 11.8. The van der Waals surface area contributed by atoms with Crippen LogP contribution in [-0.4, -0.2) is 14.8 Å². The van der Waals surface area contributed by atoms with E-state index in [0.29, 0.717) is 0 Å². The molecule has 2 rings (SSSR count). The van der Waals surface area contributed by atoms with Gasteiger partial charge in [0.2, 0.25) is 0 Å². The van der Waals surface area contributed by atoms with E-state index in [9.17, 15) is 0 Å². The molecule has 1 aromatic carbocycles. The molecule has 0 radical (unpaired) electrons. The smallest absolute Gasteiger partial charge is 0.156 e. The summed E-state index contributed by atoms with van der Waals surface area (Å²) in [5.74, 6) is 1.82. The fraction of sp³-hybridized carbons (Fsp3) is 0.429. The molecule has 0 aliphatic carbocycles. The maximum Gasteiger partial charge on any atom is 0.156 e. The molecule has 2 aromatic rings. The summed E-state index contributed by atoms with van der Waals surface area (Å²) in [4.78, 5) is 4.54. The van der Waals surface area contributed by atoms with Crippen LogP contribution in [-0.2, 0) is 5.41 Å². The molecule has 3 nitrogen and oxygen atoms in total. The number of hydrogen-bond donors (Lipinski definition) is 0. The van der Waals surface area contributed by atoms with Crippen molar-refractivity contribution in [3.63, 3.8) is 0 Å². The predicted molar refractivity (Wildman–Crippen MR) is 69.5 cm³/mol. The highest BCUT2D eigenvalue weighted by Crippen LogP contribution is 2.20. The Morgan fingerprint density at radius 3 is 2.35 bits per heavy atom. The van der Waals surface area contributed by atoms with Gasteiger partial charge < -0.3 is 0 Å². The first-order valence-corrected chi connectivity index (χ1v) is 5.89. The Bertz CT molecular complexity index is 533. The third-order valence-corrected chi connectivity index (χ3v) is 2.69. The monoisotopic (exact) mass is 229 g/mol. The van der Waals surface area contributed by atoms with Gasteiger partial charge in [0.25, 0.3) is 0 Å². The van der Waals surface area contributed by atoms with E-state index in [1.54, 1.807) is 0 Å². The van der Waals surface area contributed by atoms with Crippen molar-refractivity contribution in [2.45, 2.75) is 40.0 Å². The van der Waals surface area contributed by atoms with Crippen LogP contribution in [0.25, 0.3) is 5.69 Å². The summed E-state index contributed by atoms with van der Waals surface area (Å²) in [6, 6.07) is 8.30. The standard InChI is InChI=1S/C14H19N3/c1-10-7-6-8-12(9-10)17-11(2)15-13(16-17)14(3,4)5/h6-9H,1-5H3. The molecule has 0 atom stereocenters.